The summed E-state index contributed by atoms with van der Waals surface area (Å²) in [5.41, 5.74) is 0.988. The average Bonchev–Trinajstić information content (AvgIpc) is 1.88. The van der Waals surface area contributed by atoms with E-state index in [1.54, 1.807) is 6.08 Å². The van der Waals surface area contributed by atoms with Gasteiger partial charge in [0.1, 0.15) is 0 Å². The molecule has 0 spiro atoms. The molecule has 0 aromatic heterocycles. The van der Waals surface area contributed by atoms with Crippen LogP contribution in [0.3, 0.4) is 0 Å². The molecule has 0 unspecified atom stereocenters. The van der Waals surface area contributed by atoms with Crippen LogP contribution in [0.1, 0.15) is 5.56 Å². The van der Waals surface area contributed by atoms with E-state index in [2.05, 4.69) is 31.9 Å². The third-order valence-corrected chi connectivity index (χ3v) is 2.55. The van der Waals surface area contributed by atoms with Crippen molar-refractivity contribution < 1.29 is 0 Å². The van der Waals surface area contributed by atoms with Gasteiger partial charge in [-0.05, 0) is 12.1 Å². The van der Waals surface area contributed by atoms with Gasteiger partial charge in [-0.15, -0.1) is 0 Å². The van der Waals surface area contributed by atoms with Crippen LogP contribution in [0.25, 0.3) is 6.08 Å². The van der Waals surface area contributed by atoms with E-state index in [1.807, 2.05) is 18.2 Å². The summed E-state index contributed by atoms with van der Waals surface area (Å²) in [6, 6.07) is 5.84. The van der Waals surface area contributed by atoms with Crippen molar-refractivity contribution in [1.82, 2.24) is 0 Å². The highest BCUT2D eigenvalue weighted by molar-refractivity contribution is 9.11. The molecule has 0 saturated heterocycles. The van der Waals surface area contributed by atoms with E-state index >= 15 is 0 Å². The summed E-state index contributed by atoms with van der Waals surface area (Å²) in [6.07, 6.45) is 1.56. The molecule has 1 aromatic rings. The lowest BCUT2D eigenvalue weighted by Gasteiger charge is -1.98. The third kappa shape index (κ3) is 1.50. The average molecular weight is 261 g/mol. The first-order valence-electron chi connectivity index (χ1n) is 2.74. The number of hydrogen-bond acceptors (Lipinski definition) is 0. The first-order valence-corrected chi connectivity index (χ1v) is 4.33. The lowest BCUT2D eigenvalue weighted by molar-refractivity contribution is 1.55. The standard InChI is InChI=1S/C8H5Br2/c1-2-6-7(9)4-3-5-8(6)10/h1-5H. The molecule has 0 fully saturated rings. The van der Waals surface area contributed by atoms with Crippen molar-refractivity contribution in [3.63, 3.8) is 0 Å². The molecule has 0 heterocycles. The molecule has 1 radical (unpaired) electrons. The van der Waals surface area contributed by atoms with Crippen LogP contribution in [-0.4, -0.2) is 0 Å². The second-order valence-electron chi connectivity index (χ2n) is 1.80. The van der Waals surface area contributed by atoms with Crippen molar-refractivity contribution in [1.29, 1.82) is 0 Å². The Labute approximate surface area is 77.2 Å². The second-order valence-corrected chi connectivity index (χ2v) is 3.51. The third-order valence-electron chi connectivity index (χ3n) is 1.17. The van der Waals surface area contributed by atoms with E-state index in [0.717, 1.165) is 14.5 Å². The molecule has 0 bridgehead atoms. The van der Waals surface area contributed by atoms with Crippen LogP contribution in [0, 0.1) is 6.58 Å². The summed E-state index contributed by atoms with van der Waals surface area (Å²) in [7, 11) is 0. The fourth-order valence-electron chi connectivity index (χ4n) is 0.670. The van der Waals surface area contributed by atoms with Crippen molar-refractivity contribution in [2.24, 2.45) is 0 Å². The molecule has 0 nitrogen and oxygen atoms in total. The van der Waals surface area contributed by atoms with E-state index in [4.69, 9.17) is 6.58 Å². The largest absolute Gasteiger partial charge is 0.0616 e. The fraction of sp³-hybridized carbons (Fsp3) is 0. The SMILES string of the molecule is [CH]=Cc1c(Br)cccc1Br. The van der Waals surface area contributed by atoms with Gasteiger partial charge in [-0.1, -0.05) is 50.6 Å². The molecule has 10 heavy (non-hydrogen) atoms. The van der Waals surface area contributed by atoms with E-state index in [0.29, 0.717) is 0 Å². The van der Waals surface area contributed by atoms with Gasteiger partial charge < -0.3 is 0 Å². The summed E-state index contributed by atoms with van der Waals surface area (Å²) in [6.45, 7) is 5.37. The van der Waals surface area contributed by atoms with E-state index in [9.17, 15) is 0 Å². The highest BCUT2D eigenvalue weighted by atomic mass is 79.9. The second kappa shape index (κ2) is 3.35. The zero-order chi connectivity index (χ0) is 7.56. The zero-order valence-corrected chi connectivity index (χ0v) is 8.31. The van der Waals surface area contributed by atoms with Gasteiger partial charge in [-0.2, -0.15) is 0 Å². The number of rotatable bonds is 1. The van der Waals surface area contributed by atoms with Gasteiger partial charge in [0.25, 0.3) is 0 Å². The van der Waals surface area contributed by atoms with Crippen molar-refractivity contribution in [3.8, 4) is 0 Å². The maximum Gasteiger partial charge on any atom is 0.0259 e. The van der Waals surface area contributed by atoms with E-state index in [-0.39, 0.29) is 0 Å². The van der Waals surface area contributed by atoms with E-state index in [1.165, 1.54) is 0 Å². The summed E-state index contributed by atoms with van der Waals surface area (Å²) >= 11 is 6.73. The Morgan fingerprint density at radius 2 is 1.70 bits per heavy atom. The van der Waals surface area contributed by atoms with Crippen molar-refractivity contribution in [3.05, 3.63) is 39.3 Å². The summed E-state index contributed by atoms with van der Waals surface area (Å²) in [4.78, 5) is 0. The molecule has 0 atom stereocenters. The Balaban J connectivity index is 3.30. The molecule has 1 rings (SSSR count). The van der Waals surface area contributed by atoms with Crippen LogP contribution in [0.15, 0.2) is 27.1 Å². The Morgan fingerprint density at radius 1 is 1.20 bits per heavy atom. The van der Waals surface area contributed by atoms with Crippen LogP contribution in [0.5, 0.6) is 0 Å². The number of benzene rings is 1. The van der Waals surface area contributed by atoms with Crippen LogP contribution in [0.2, 0.25) is 0 Å². The summed E-state index contributed by atoms with van der Waals surface area (Å²) < 4.78 is 2.01. The zero-order valence-electron chi connectivity index (χ0n) is 5.14. The Morgan fingerprint density at radius 3 is 2.00 bits per heavy atom. The summed E-state index contributed by atoms with van der Waals surface area (Å²) in [5, 5.41) is 0. The Kier molecular flexibility index (Phi) is 2.69. The maximum absolute atomic E-state index is 5.37. The number of hydrogen-bond donors (Lipinski definition) is 0. The molecule has 0 aliphatic carbocycles. The van der Waals surface area contributed by atoms with Crippen LogP contribution < -0.4 is 0 Å². The maximum atomic E-state index is 5.37. The molecule has 51 valence electrons. The first kappa shape index (κ1) is 8.02. The lowest BCUT2D eigenvalue weighted by atomic mass is 10.2. The van der Waals surface area contributed by atoms with Gasteiger partial charge in [0.15, 0.2) is 0 Å². The molecule has 0 aliphatic rings. The quantitative estimate of drug-likeness (QED) is 0.723. The first-order chi connectivity index (χ1) is 4.75. The number of halogens is 2. The molecule has 0 N–H and O–H groups in total. The predicted octanol–water partition coefficient (Wildman–Crippen LogP) is 3.66. The van der Waals surface area contributed by atoms with Gasteiger partial charge >= 0.3 is 0 Å². The van der Waals surface area contributed by atoms with Crippen LogP contribution in [0.4, 0.5) is 0 Å². The fourth-order valence-corrected chi connectivity index (χ4v) is 1.93. The Hall–Kier alpha value is -0.0800. The van der Waals surface area contributed by atoms with Crippen molar-refractivity contribution >= 4 is 37.9 Å². The topological polar surface area (TPSA) is 0 Å². The lowest BCUT2D eigenvalue weighted by Crippen LogP contribution is -1.75. The van der Waals surface area contributed by atoms with Gasteiger partial charge in [0.2, 0.25) is 0 Å². The predicted molar refractivity (Wildman–Crippen MR) is 50.6 cm³/mol. The van der Waals surface area contributed by atoms with Crippen LogP contribution >= 0.6 is 31.9 Å². The smallest absolute Gasteiger partial charge is 0.0259 e. The van der Waals surface area contributed by atoms with E-state index < -0.39 is 0 Å². The molecule has 0 amide bonds. The van der Waals surface area contributed by atoms with Gasteiger partial charge in [0, 0.05) is 14.5 Å². The van der Waals surface area contributed by atoms with Crippen molar-refractivity contribution in [2.45, 2.75) is 0 Å². The minimum Gasteiger partial charge on any atom is -0.0616 e. The highest BCUT2D eigenvalue weighted by Crippen LogP contribution is 2.25. The molecule has 1 aromatic carbocycles. The summed E-state index contributed by atoms with van der Waals surface area (Å²) in [5.74, 6) is 0. The van der Waals surface area contributed by atoms with Gasteiger partial charge in [-0.25, -0.2) is 0 Å². The molecule has 2 heteroatoms. The van der Waals surface area contributed by atoms with Gasteiger partial charge in [0.05, 0.1) is 0 Å². The monoisotopic (exact) mass is 259 g/mol. The molecule has 0 saturated carbocycles. The molecule has 0 aliphatic heterocycles. The normalized spacial score (nSPS) is 9.40. The van der Waals surface area contributed by atoms with Gasteiger partial charge in [-0.3, -0.25) is 0 Å². The minimum atomic E-state index is 0.988. The molecular weight excluding hydrogens is 256 g/mol. The molecular formula is C8H5Br2. The van der Waals surface area contributed by atoms with Crippen molar-refractivity contribution in [2.75, 3.05) is 0 Å². The Bertz CT molecular complexity index is 233. The highest BCUT2D eigenvalue weighted by Gasteiger charge is 1.97. The van der Waals surface area contributed by atoms with Crippen LogP contribution in [-0.2, 0) is 0 Å². The minimum absolute atomic E-state index is 0.988.